The van der Waals surface area contributed by atoms with Crippen LogP contribution in [0.25, 0.3) is 89.5 Å². The Morgan fingerprint density at radius 3 is 1.55 bits per heavy atom. The maximum atomic E-state index is 9.69. The molecule has 2 heterocycles. The van der Waals surface area contributed by atoms with Crippen LogP contribution >= 0.6 is 0 Å². The Labute approximate surface area is 362 Å². The summed E-state index contributed by atoms with van der Waals surface area (Å²) in [6, 6.07) is 67.1. The van der Waals surface area contributed by atoms with Crippen LogP contribution in [0.2, 0.25) is 0 Å². The minimum absolute atomic E-state index is 0.0443. The minimum atomic E-state index is 0.0443. The second kappa shape index (κ2) is 15.7. The van der Waals surface area contributed by atoms with Crippen molar-refractivity contribution in [2.45, 2.75) is 37.5 Å². The first-order valence-electron chi connectivity index (χ1n) is 21.6. The molecule has 1 saturated carbocycles. The largest absolute Gasteiger partial charge is 0.264 e. The van der Waals surface area contributed by atoms with Crippen molar-refractivity contribution in [1.82, 2.24) is 15.0 Å². The molecule has 1 fully saturated rings. The van der Waals surface area contributed by atoms with E-state index in [1.807, 2.05) is 36.5 Å². The second-order valence-corrected chi connectivity index (χ2v) is 16.7. The summed E-state index contributed by atoms with van der Waals surface area (Å²) in [6.45, 7) is 0. The Kier molecular flexibility index (Phi) is 9.44. The van der Waals surface area contributed by atoms with Crippen molar-refractivity contribution in [2.75, 3.05) is 0 Å². The Bertz CT molecular complexity index is 3120. The van der Waals surface area contributed by atoms with E-state index in [1.54, 1.807) is 6.20 Å². The number of nitrogens with zero attached hydrogens (tertiary/aromatic N) is 4. The van der Waals surface area contributed by atoms with Gasteiger partial charge in [0.25, 0.3) is 0 Å². The number of hydrogen-bond acceptors (Lipinski definition) is 4. The van der Waals surface area contributed by atoms with E-state index in [0.29, 0.717) is 5.82 Å². The smallest absolute Gasteiger partial charge is 0.160 e. The predicted octanol–water partition coefficient (Wildman–Crippen LogP) is 14.6. The van der Waals surface area contributed by atoms with Crippen LogP contribution in [-0.4, -0.2) is 15.0 Å². The van der Waals surface area contributed by atoms with Crippen LogP contribution in [-0.2, 0) is 5.41 Å². The van der Waals surface area contributed by atoms with Crippen LogP contribution < -0.4 is 0 Å². The summed E-state index contributed by atoms with van der Waals surface area (Å²) in [6.07, 6.45) is 9.79. The van der Waals surface area contributed by atoms with Gasteiger partial charge in [-0.05, 0) is 116 Å². The van der Waals surface area contributed by atoms with Crippen LogP contribution in [0.15, 0.2) is 194 Å². The first-order chi connectivity index (χ1) is 30.6. The van der Waals surface area contributed by atoms with Gasteiger partial charge >= 0.3 is 0 Å². The third kappa shape index (κ3) is 6.79. The molecule has 0 radical (unpaired) electrons. The Hall–Kier alpha value is -7.74. The Morgan fingerprint density at radius 2 is 0.952 bits per heavy atom. The van der Waals surface area contributed by atoms with Crippen LogP contribution in [0.3, 0.4) is 0 Å². The predicted molar refractivity (Wildman–Crippen MR) is 252 cm³/mol. The molecule has 0 aliphatic heterocycles. The molecule has 7 aromatic carbocycles. The maximum Gasteiger partial charge on any atom is 0.160 e. The van der Waals surface area contributed by atoms with Crippen LogP contribution in [0.5, 0.6) is 0 Å². The monoisotopic (exact) mass is 794 g/mol. The number of pyridine rings is 1. The van der Waals surface area contributed by atoms with Crippen molar-refractivity contribution in [2.24, 2.45) is 0 Å². The van der Waals surface area contributed by atoms with Crippen molar-refractivity contribution in [1.29, 1.82) is 5.26 Å². The van der Waals surface area contributed by atoms with Crippen molar-refractivity contribution in [3.63, 3.8) is 0 Å². The molecule has 0 unspecified atom stereocenters. The van der Waals surface area contributed by atoms with Gasteiger partial charge in [-0.2, -0.15) is 5.26 Å². The van der Waals surface area contributed by atoms with Gasteiger partial charge in [0.15, 0.2) is 5.82 Å². The van der Waals surface area contributed by atoms with Gasteiger partial charge in [-0.25, -0.2) is 9.97 Å². The third-order valence-corrected chi connectivity index (χ3v) is 13.1. The van der Waals surface area contributed by atoms with Gasteiger partial charge in [0.05, 0.1) is 23.0 Å². The summed E-state index contributed by atoms with van der Waals surface area (Å²) >= 11 is 0. The van der Waals surface area contributed by atoms with Gasteiger partial charge < -0.3 is 0 Å². The van der Waals surface area contributed by atoms with E-state index < -0.39 is 0 Å². The zero-order chi connectivity index (χ0) is 41.5. The number of fused-ring (bicyclic) bond motifs is 5. The molecule has 1 spiro atoms. The van der Waals surface area contributed by atoms with Gasteiger partial charge in [0.2, 0.25) is 0 Å². The molecule has 2 aliphatic carbocycles. The lowest BCUT2D eigenvalue weighted by Crippen LogP contribution is -2.28. The fraction of sp³-hybridized carbons (Fsp3) is 0.103. The van der Waals surface area contributed by atoms with E-state index >= 15 is 0 Å². The lowest BCUT2D eigenvalue weighted by atomic mass is 9.67. The molecule has 62 heavy (non-hydrogen) atoms. The highest BCUT2D eigenvalue weighted by Crippen LogP contribution is 2.56. The lowest BCUT2D eigenvalue weighted by molar-refractivity contribution is 0.353. The topological polar surface area (TPSA) is 62.5 Å². The number of aromatic nitrogens is 3. The summed E-state index contributed by atoms with van der Waals surface area (Å²) in [5.41, 5.74) is 20.3. The van der Waals surface area contributed by atoms with Crippen molar-refractivity contribution >= 4 is 0 Å². The molecular formula is C58H42N4. The van der Waals surface area contributed by atoms with E-state index in [2.05, 4.69) is 163 Å². The molecular weight excluding hydrogens is 753 g/mol. The highest BCUT2D eigenvalue weighted by molar-refractivity contribution is 5.85. The summed E-state index contributed by atoms with van der Waals surface area (Å²) in [5.74, 6) is 0.697. The maximum absolute atomic E-state index is 9.69. The standard InChI is InChI=1S/C58H42N4/c59-37-39-14-29-53-52(33-39)51-28-27-49(35-54(51)58(53)30-5-2-6-31-58)42-17-15-40(16-18-42)47-11-7-12-48(34-47)41-19-23-44(24-20-41)55-36-56(62-57(61-55)46-9-3-1-4-10-46)45-25-21-43(22-26-45)50-13-8-32-60-38-50/h1,3-4,7-29,32-36,38H,2,5-6,30-31H2. The Balaban J connectivity index is 0.865. The van der Waals surface area contributed by atoms with Gasteiger partial charge in [0, 0.05) is 34.5 Å². The van der Waals surface area contributed by atoms with E-state index in [9.17, 15) is 5.26 Å². The fourth-order valence-corrected chi connectivity index (χ4v) is 9.84. The normalized spacial score (nSPS) is 13.6. The van der Waals surface area contributed by atoms with Crippen molar-refractivity contribution < 1.29 is 0 Å². The van der Waals surface area contributed by atoms with Gasteiger partial charge in [-0.1, -0.05) is 165 Å². The first-order valence-corrected chi connectivity index (χ1v) is 21.6. The van der Waals surface area contributed by atoms with Crippen LogP contribution in [0.4, 0.5) is 0 Å². The zero-order valence-electron chi connectivity index (χ0n) is 34.3. The van der Waals surface area contributed by atoms with E-state index in [1.165, 1.54) is 76.6 Å². The molecule has 4 heteroatoms. The number of hydrogen-bond donors (Lipinski definition) is 0. The highest BCUT2D eigenvalue weighted by Gasteiger charge is 2.43. The molecule has 11 rings (SSSR count). The molecule has 2 aliphatic rings. The number of nitriles is 1. The summed E-state index contributed by atoms with van der Waals surface area (Å²) < 4.78 is 0. The average Bonchev–Trinajstić information content (AvgIpc) is 3.61. The molecule has 9 aromatic rings. The van der Waals surface area contributed by atoms with Crippen molar-refractivity contribution in [3.8, 4) is 95.6 Å². The zero-order valence-corrected chi connectivity index (χ0v) is 34.3. The van der Waals surface area contributed by atoms with Crippen LogP contribution in [0.1, 0.15) is 48.8 Å². The molecule has 0 bridgehead atoms. The molecule has 0 amide bonds. The Morgan fingerprint density at radius 1 is 0.403 bits per heavy atom. The van der Waals surface area contributed by atoms with E-state index in [0.717, 1.165) is 55.9 Å². The quantitative estimate of drug-likeness (QED) is 0.161. The average molecular weight is 795 g/mol. The van der Waals surface area contributed by atoms with Crippen LogP contribution in [0, 0.1) is 11.3 Å². The third-order valence-electron chi connectivity index (χ3n) is 13.1. The summed E-state index contributed by atoms with van der Waals surface area (Å²) in [5, 5.41) is 9.69. The van der Waals surface area contributed by atoms with E-state index in [-0.39, 0.29) is 5.41 Å². The SMILES string of the molecule is N#Cc1ccc2c(c1)-c1ccc(-c3ccc(-c4cccc(-c5ccc(-c6cc(-c7ccc(-c8cccnc8)cc7)nc(-c7ccccc7)n6)cc5)c4)cc3)cc1C21CCCCC1. The molecule has 0 N–H and O–H groups in total. The first kappa shape index (κ1) is 37.3. The van der Waals surface area contributed by atoms with E-state index in [4.69, 9.17) is 9.97 Å². The highest BCUT2D eigenvalue weighted by atomic mass is 14.9. The van der Waals surface area contributed by atoms with Gasteiger partial charge in [0.1, 0.15) is 0 Å². The summed E-state index contributed by atoms with van der Waals surface area (Å²) in [7, 11) is 0. The summed E-state index contributed by atoms with van der Waals surface area (Å²) in [4.78, 5) is 14.4. The molecule has 0 saturated heterocycles. The minimum Gasteiger partial charge on any atom is -0.264 e. The number of rotatable bonds is 7. The lowest BCUT2D eigenvalue weighted by Gasteiger charge is -2.36. The van der Waals surface area contributed by atoms with Gasteiger partial charge in [-0.3, -0.25) is 4.98 Å². The molecule has 4 nitrogen and oxygen atoms in total. The van der Waals surface area contributed by atoms with Crippen molar-refractivity contribution in [3.05, 3.63) is 211 Å². The molecule has 0 atom stereocenters. The second-order valence-electron chi connectivity index (χ2n) is 16.7. The molecule has 2 aromatic heterocycles. The number of benzene rings is 7. The molecule has 294 valence electrons. The fourth-order valence-electron chi connectivity index (χ4n) is 9.84. The van der Waals surface area contributed by atoms with Gasteiger partial charge in [-0.15, -0.1) is 0 Å².